The van der Waals surface area contributed by atoms with Crippen molar-refractivity contribution < 1.29 is 9.18 Å². The number of benzene rings is 2. The lowest BCUT2D eigenvalue weighted by atomic mass is 9.77. The smallest absolute Gasteiger partial charge is 0.253 e. The molecule has 1 saturated carbocycles. The number of carbonyl (C=O) groups is 1. The second-order valence-corrected chi connectivity index (χ2v) is 6.79. The monoisotopic (exact) mass is 336 g/mol. The Hall–Kier alpha value is -2.62. The minimum atomic E-state index is -0.264. The fourth-order valence-corrected chi connectivity index (χ4v) is 3.63. The predicted molar refractivity (Wildman–Crippen MR) is 95.9 cm³/mol. The lowest BCUT2D eigenvalue weighted by Gasteiger charge is -2.35. The Labute approximate surface area is 146 Å². The summed E-state index contributed by atoms with van der Waals surface area (Å²) in [5.41, 5.74) is 3.56. The summed E-state index contributed by atoms with van der Waals surface area (Å²) < 4.78 is 13.7. The van der Waals surface area contributed by atoms with Crippen molar-refractivity contribution >= 4 is 11.5 Å². The second kappa shape index (κ2) is 6.71. The van der Waals surface area contributed by atoms with Crippen LogP contribution in [0, 0.1) is 11.7 Å². The Morgan fingerprint density at radius 3 is 2.76 bits per heavy atom. The lowest BCUT2D eigenvalue weighted by molar-refractivity contribution is -0.117. The Bertz CT molecular complexity index is 826. The summed E-state index contributed by atoms with van der Waals surface area (Å²) in [5, 5.41) is 6.33. The van der Waals surface area contributed by atoms with Crippen molar-refractivity contribution in [1.82, 2.24) is 10.6 Å². The molecular weight excluding hydrogens is 315 g/mol. The van der Waals surface area contributed by atoms with E-state index in [0.29, 0.717) is 11.5 Å². The zero-order chi connectivity index (χ0) is 17.2. The van der Waals surface area contributed by atoms with Crippen LogP contribution in [0.3, 0.4) is 0 Å². The molecule has 0 aromatic heterocycles. The van der Waals surface area contributed by atoms with Gasteiger partial charge in [-0.25, -0.2) is 4.39 Å². The van der Waals surface area contributed by atoms with Crippen LogP contribution in [0.1, 0.15) is 42.0 Å². The zero-order valence-corrected chi connectivity index (χ0v) is 14.0. The first-order valence-electron chi connectivity index (χ1n) is 8.80. The normalized spacial score (nSPS) is 17.6. The van der Waals surface area contributed by atoms with E-state index < -0.39 is 0 Å². The van der Waals surface area contributed by atoms with Crippen LogP contribution in [0.2, 0.25) is 0 Å². The highest BCUT2D eigenvalue weighted by Gasteiger charge is 2.31. The number of nitrogens with one attached hydrogen (secondary N) is 2. The molecule has 1 amide bonds. The van der Waals surface area contributed by atoms with Crippen molar-refractivity contribution in [2.24, 2.45) is 5.92 Å². The molecule has 0 bridgehead atoms. The average molecular weight is 336 g/mol. The molecule has 0 radical (unpaired) electrons. The minimum Gasteiger partial charge on any atom is -0.386 e. The summed E-state index contributed by atoms with van der Waals surface area (Å²) >= 11 is 0. The first-order valence-corrected chi connectivity index (χ1v) is 8.80. The third-order valence-corrected chi connectivity index (χ3v) is 5.21. The van der Waals surface area contributed by atoms with Crippen molar-refractivity contribution in [3.63, 3.8) is 0 Å². The van der Waals surface area contributed by atoms with E-state index in [4.69, 9.17) is 0 Å². The fraction of sp³-hybridized carbons (Fsp3) is 0.286. The van der Waals surface area contributed by atoms with Crippen molar-refractivity contribution in [3.05, 3.63) is 77.2 Å². The topological polar surface area (TPSA) is 41.1 Å². The highest BCUT2D eigenvalue weighted by Crippen LogP contribution is 2.38. The summed E-state index contributed by atoms with van der Waals surface area (Å²) in [6.07, 6.45) is 5.07. The molecule has 0 unspecified atom stereocenters. The molecule has 1 atom stereocenters. The number of carbonyl (C=O) groups excluding carboxylic acids is 1. The summed E-state index contributed by atoms with van der Waals surface area (Å²) in [5.74, 6) is -0.000999. The second-order valence-electron chi connectivity index (χ2n) is 6.79. The molecule has 4 rings (SSSR count). The van der Waals surface area contributed by atoms with Gasteiger partial charge in [0, 0.05) is 12.7 Å². The van der Waals surface area contributed by atoms with E-state index in [0.717, 1.165) is 36.1 Å². The van der Waals surface area contributed by atoms with E-state index >= 15 is 0 Å². The van der Waals surface area contributed by atoms with E-state index in [9.17, 15) is 9.18 Å². The van der Waals surface area contributed by atoms with Crippen molar-refractivity contribution in [3.8, 4) is 0 Å². The Morgan fingerprint density at radius 1 is 1.16 bits per heavy atom. The van der Waals surface area contributed by atoms with Gasteiger partial charge in [-0.15, -0.1) is 0 Å². The lowest BCUT2D eigenvalue weighted by Crippen LogP contribution is -2.37. The van der Waals surface area contributed by atoms with Crippen LogP contribution in [0.25, 0.3) is 5.57 Å². The van der Waals surface area contributed by atoms with E-state index in [1.165, 1.54) is 18.6 Å². The van der Waals surface area contributed by atoms with Gasteiger partial charge in [0.25, 0.3) is 5.91 Å². The molecule has 2 aromatic rings. The van der Waals surface area contributed by atoms with Crippen molar-refractivity contribution in [2.45, 2.75) is 31.8 Å². The standard InChI is InChI=1S/C21H21FN2O/c22-17-9-4-8-15(11-17)20(14-6-3-7-14)24-21(25)19-13-23-12-16-5-1-2-10-18(16)19/h1-2,4-5,8-11,13-14,20,23H,3,6-7,12H2,(H,24,25)/t20-/m0/s1. The summed E-state index contributed by atoms with van der Waals surface area (Å²) in [6, 6.07) is 14.4. The van der Waals surface area contributed by atoms with Crippen LogP contribution in [0.5, 0.6) is 0 Å². The number of rotatable bonds is 4. The molecule has 0 spiro atoms. The molecule has 25 heavy (non-hydrogen) atoms. The van der Waals surface area contributed by atoms with Gasteiger partial charge in [0.2, 0.25) is 0 Å². The SMILES string of the molecule is O=C(N[C@H](c1cccc(F)c1)C1CCC1)C1=CNCc2ccccc21. The van der Waals surface area contributed by atoms with E-state index in [1.807, 2.05) is 30.3 Å². The number of fused-ring (bicyclic) bond motifs is 1. The largest absolute Gasteiger partial charge is 0.386 e. The van der Waals surface area contributed by atoms with Crippen LogP contribution in [-0.2, 0) is 11.3 Å². The van der Waals surface area contributed by atoms with Crippen LogP contribution >= 0.6 is 0 Å². The average Bonchev–Trinajstić information content (AvgIpc) is 2.59. The molecule has 3 nitrogen and oxygen atoms in total. The first kappa shape index (κ1) is 15.9. The highest BCUT2D eigenvalue weighted by molar-refractivity contribution is 6.20. The van der Waals surface area contributed by atoms with E-state index in [1.54, 1.807) is 12.3 Å². The van der Waals surface area contributed by atoms with Gasteiger partial charge in [0.15, 0.2) is 0 Å². The van der Waals surface area contributed by atoms with Crippen molar-refractivity contribution in [1.29, 1.82) is 0 Å². The summed E-state index contributed by atoms with van der Waals surface area (Å²) in [7, 11) is 0. The maximum absolute atomic E-state index is 13.7. The van der Waals surface area contributed by atoms with Crippen LogP contribution in [0.15, 0.2) is 54.7 Å². The maximum Gasteiger partial charge on any atom is 0.253 e. The number of hydrogen-bond donors (Lipinski definition) is 2. The third-order valence-electron chi connectivity index (χ3n) is 5.21. The van der Waals surface area contributed by atoms with Gasteiger partial charge in [0.05, 0.1) is 11.6 Å². The molecular formula is C21H21FN2O. The van der Waals surface area contributed by atoms with Gasteiger partial charge in [-0.05, 0) is 47.6 Å². The Balaban J connectivity index is 1.60. The number of amides is 1. The van der Waals surface area contributed by atoms with Gasteiger partial charge in [-0.3, -0.25) is 4.79 Å². The van der Waals surface area contributed by atoms with Gasteiger partial charge in [-0.1, -0.05) is 42.8 Å². The molecule has 2 N–H and O–H groups in total. The molecule has 1 aliphatic carbocycles. The fourth-order valence-electron chi connectivity index (χ4n) is 3.63. The van der Waals surface area contributed by atoms with Crippen LogP contribution in [0.4, 0.5) is 4.39 Å². The molecule has 0 saturated heterocycles. The van der Waals surface area contributed by atoms with Gasteiger partial charge in [-0.2, -0.15) is 0 Å². The molecule has 4 heteroatoms. The van der Waals surface area contributed by atoms with Crippen molar-refractivity contribution in [2.75, 3.05) is 0 Å². The van der Waals surface area contributed by atoms with E-state index in [-0.39, 0.29) is 17.8 Å². The number of hydrogen-bond acceptors (Lipinski definition) is 2. The summed E-state index contributed by atoms with van der Waals surface area (Å²) in [4.78, 5) is 13.0. The Kier molecular flexibility index (Phi) is 4.26. The number of halogens is 1. The molecule has 2 aliphatic rings. The Morgan fingerprint density at radius 2 is 2.00 bits per heavy atom. The third kappa shape index (κ3) is 3.16. The highest BCUT2D eigenvalue weighted by atomic mass is 19.1. The first-order chi connectivity index (χ1) is 12.2. The zero-order valence-electron chi connectivity index (χ0n) is 14.0. The van der Waals surface area contributed by atoms with Crippen LogP contribution in [-0.4, -0.2) is 5.91 Å². The minimum absolute atomic E-state index is 0.110. The molecule has 1 fully saturated rings. The predicted octanol–water partition coefficient (Wildman–Crippen LogP) is 3.93. The van der Waals surface area contributed by atoms with E-state index in [2.05, 4.69) is 10.6 Å². The maximum atomic E-state index is 13.7. The molecule has 1 heterocycles. The van der Waals surface area contributed by atoms with Gasteiger partial charge in [0.1, 0.15) is 5.82 Å². The quantitative estimate of drug-likeness (QED) is 0.888. The molecule has 128 valence electrons. The van der Waals surface area contributed by atoms with Gasteiger partial charge < -0.3 is 10.6 Å². The van der Waals surface area contributed by atoms with Gasteiger partial charge >= 0.3 is 0 Å². The summed E-state index contributed by atoms with van der Waals surface area (Å²) in [6.45, 7) is 0.725. The molecule has 2 aromatic carbocycles. The molecule has 1 aliphatic heterocycles. The van der Waals surface area contributed by atoms with Crippen LogP contribution < -0.4 is 10.6 Å².